The first-order valence-electron chi connectivity index (χ1n) is 10.1. The van der Waals surface area contributed by atoms with Crippen molar-refractivity contribution in [3.63, 3.8) is 0 Å². The number of benzene rings is 2. The molecule has 1 saturated heterocycles. The third kappa shape index (κ3) is 5.21. The standard InChI is InChI=1S/C25H22ClN3O2S/c1-3-14-29-24(30)23(15-18-6-4-17(2)5-7-18)32-25(29)28-27-16-21-12-13-22(31-21)19-8-10-20(26)11-9-19/h3-13,16,23H,1,14-15H2,2H3/b27-16+,28-25+. The molecule has 0 bridgehead atoms. The molecule has 162 valence electrons. The Morgan fingerprint density at radius 1 is 1.12 bits per heavy atom. The average Bonchev–Trinajstić information content (AvgIpc) is 3.37. The number of nitrogens with zero attached hydrogens (tertiary/aromatic N) is 3. The van der Waals surface area contributed by atoms with Gasteiger partial charge >= 0.3 is 0 Å². The van der Waals surface area contributed by atoms with E-state index in [1.54, 1.807) is 11.0 Å². The number of carbonyl (C=O) groups excluding carboxylic acids is 1. The monoisotopic (exact) mass is 463 g/mol. The normalized spacial score (nSPS) is 17.6. The minimum absolute atomic E-state index is 0.0208. The van der Waals surface area contributed by atoms with Gasteiger partial charge in [-0.3, -0.25) is 9.69 Å². The molecule has 2 aromatic carbocycles. The molecule has 0 saturated carbocycles. The van der Waals surface area contributed by atoms with Gasteiger partial charge in [-0.25, -0.2) is 0 Å². The molecule has 32 heavy (non-hydrogen) atoms. The number of hydrogen-bond acceptors (Lipinski definition) is 5. The van der Waals surface area contributed by atoms with E-state index in [9.17, 15) is 4.79 Å². The quantitative estimate of drug-likeness (QED) is 0.246. The van der Waals surface area contributed by atoms with Gasteiger partial charge in [0.2, 0.25) is 5.91 Å². The molecule has 0 aliphatic carbocycles. The van der Waals surface area contributed by atoms with Crippen LogP contribution in [0.25, 0.3) is 11.3 Å². The molecule has 0 spiro atoms. The van der Waals surface area contributed by atoms with Crippen molar-refractivity contribution in [3.05, 3.63) is 95.2 Å². The molecule has 0 radical (unpaired) electrons. The third-order valence-corrected chi connectivity index (χ3v) is 6.37. The van der Waals surface area contributed by atoms with Crippen LogP contribution in [0.15, 0.2) is 87.9 Å². The summed E-state index contributed by atoms with van der Waals surface area (Å²) in [5.41, 5.74) is 3.24. The lowest BCUT2D eigenvalue weighted by Crippen LogP contribution is -2.32. The summed E-state index contributed by atoms with van der Waals surface area (Å²) in [5.74, 6) is 1.31. The molecule has 2 heterocycles. The number of amides is 1. The van der Waals surface area contributed by atoms with Gasteiger partial charge in [-0.2, -0.15) is 5.10 Å². The van der Waals surface area contributed by atoms with Crippen LogP contribution in [0.5, 0.6) is 0 Å². The van der Waals surface area contributed by atoms with Gasteiger partial charge in [0.05, 0.1) is 11.5 Å². The molecule has 1 fully saturated rings. The lowest BCUT2D eigenvalue weighted by Gasteiger charge is -2.12. The largest absolute Gasteiger partial charge is 0.455 e. The van der Waals surface area contributed by atoms with E-state index in [0.29, 0.717) is 34.7 Å². The van der Waals surface area contributed by atoms with Crippen LogP contribution < -0.4 is 0 Å². The predicted octanol–water partition coefficient (Wildman–Crippen LogP) is 5.97. The van der Waals surface area contributed by atoms with Crippen molar-refractivity contribution < 1.29 is 9.21 Å². The van der Waals surface area contributed by atoms with E-state index in [1.165, 1.54) is 23.5 Å². The number of carbonyl (C=O) groups is 1. The summed E-state index contributed by atoms with van der Waals surface area (Å²) in [7, 11) is 0. The first-order chi connectivity index (χ1) is 15.5. The Bertz CT molecular complexity index is 1170. The molecule has 1 aliphatic heterocycles. The Morgan fingerprint density at radius 2 is 1.88 bits per heavy atom. The number of aryl methyl sites for hydroxylation is 1. The second-order valence-electron chi connectivity index (χ2n) is 7.37. The van der Waals surface area contributed by atoms with E-state index < -0.39 is 0 Å². The molecule has 1 aliphatic rings. The number of furan rings is 1. The van der Waals surface area contributed by atoms with Crippen molar-refractivity contribution in [2.45, 2.75) is 18.6 Å². The van der Waals surface area contributed by atoms with Crippen LogP contribution in [-0.2, 0) is 11.2 Å². The minimum Gasteiger partial charge on any atom is -0.455 e. The fourth-order valence-electron chi connectivity index (χ4n) is 3.28. The van der Waals surface area contributed by atoms with Gasteiger partial charge in [-0.05, 0) is 55.3 Å². The molecule has 0 N–H and O–H groups in total. The van der Waals surface area contributed by atoms with E-state index in [4.69, 9.17) is 16.0 Å². The summed E-state index contributed by atoms with van der Waals surface area (Å²) >= 11 is 7.36. The van der Waals surface area contributed by atoms with Crippen molar-refractivity contribution in [1.29, 1.82) is 0 Å². The maximum atomic E-state index is 12.9. The van der Waals surface area contributed by atoms with Gasteiger partial charge in [0.15, 0.2) is 5.17 Å². The Balaban J connectivity index is 1.47. The third-order valence-electron chi connectivity index (χ3n) is 4.96. The van der Waals surface area contributed by atoms with Gasteiger partial charge < -0.3 is 4.42 Å². The average molecular weight is 464 g/mol. The molecule has 1 unspecified atom stereocenters. The van der Waals surface area contributed by atoms with Crippen LogP contribution >= 0.6 is 23.4 Å². The van der Waals surface area contributed by atoms with Gasteiger partial charge in [0.1, 0.15) is 11.5 Å². The predicted molar refractivity (Wildman–Crippen MR) is 132 cm³/mol. The summed E-state index contributed by atoms with van der Waals surface area (Å²) in [6.45, 7) is 6.20. The second-order valence-corrected chi connectivity index (χ2v) is 8.98. The minimum atomic E-state index is -0.230. The maximum absolute atomic E-state index is 12.9. The Morgan fingerprint density at radius 3 is 2.59 bits per heavy atom. The highest BCUT2D eigenvalue weighted by Crippen LogP contribution is 2.30. The van der Waals surface area contributed by atoms with Gasteiger partial charge in [0, 0.05) is 17.1 Å². The highest BCUT2D eigenvalue weighted by atomic mass is 35.5. The molecule has 5 nitrogen and oxygen atoms in total. The van der Waals surface area contributed by atoms with Crippen LogP contribution in [0.4, 0.5) is 0 Å². The van der Waals surface area contributed by atoms with Gasteiger partial charge in [-0.1, -0.05) is 59.3 Å². The van der Waals surface area contributed by atoms with Crippen LogP contribution in [0.1, 0.15) is 16.9 Å². The van der Waals surface area contributed by atoms with Crippen molar-refractivity contribution in [2.24, 2.45) is 10.2 Å². The van der Waals surface area contributed by atoms with Gasteiger partial charge in [0.25, 0.3) is 0 Å². The molecule has 1 atom stereocenters. The van der Waals surface area contributed by atoms with Crippen molar-refractivity contribution in [3.8, 4) is 11.3 Å². The Labute approximate surface area is 196 Å². The molecule has 3 aromatic rings. The topological polar surface area (TPSA) is 58.2 Å². The Kier molecular flexibility index (Phi) is 6.93. The number of rotatable bonds is 7. The zero-order valence-corrected chi connectivity index (χ0v) is 19.1. The summed E-state index contributed by atoms with van der Waals surface area (Å²) in [6, 6.07) is 19.3. The molecular weight excluding hydrogens is 442 g/mol. The van der Waals surface area contributed by atoms with Crippen LogP contribution in [0.2, 0.25) is 5.02 Å². The summed E-state index contributed by atoms with van der Waals surface area (Å²) in [4.78, 5) is 14.5. The first-order valence-corrected chi connectivity index (χ1v) is 11.4. The Hall–Kier alpha value is -3.09. The molecule has 1 aromatic heterocycles. The fraction of sp³-hybridized carbons (Fsp3) is 0.160. The molecule has 1 amide bonds. The molecular formula is C25H22ClN3O2S. The van der Waals surface area contributed by atoms with E-state index in [0.717, 1.165) is 11.1 Å². The van der Waals surface area contributed by atoms with Crippen LogP contribution in [-0.4, -0.2) is 34.0 Å². The zero-order valence-electron chi connectivity index (χ0n) is 17.6. The van der Waals surface area contributed by atoms with E-state index in [2.05, 4.69) is 41.0 Å². The van der Waals surface area contributed by atoms with Crippen molar-refractivity contribution >= 4 is 40.7 Å². The smallest absolute Gasteiger partial charge is 0.242 e. The maximum Gasteiger partial charge on any atom is 0.242 e. The number of halogens is 1. The number of thioether (sulfide) groups is 1. The van der Waals surface area contributed by atoms with Gasteiger partial charge in [-0.15, -0.1) is 11.7 Å². The van der Waals surface area contributed by atoms with E-state index >= 15 is 0 Å². The highest BCUT2D eigenvalue weighted by molar-refractivity contribution is 8.15. The summed E-state index contributed by atoms with van der Waals surface area (Å²) in [5, 5.41) is 9.47. The van der Waals surface area contributed by atoms with E-state index in [1.807, 2.05) is 43.3 Å². The first kappa shape index (κ1) is 22.1. The van der Waals surface area contributed by atoms with E-state index in [-0.39, 0.29) is 11.2 Å². The summed E-state index contributed by atoms with van der Waals surface area (Å²) in [6.07, 6.45) is 3.87. The summed E-state index contributed by atoms with van der Waals surface area (Å²) < 4.78 is 5.81. The molecule has 7 heteroatoms. The zero-order chi connectivity index (χ0) is 22.5. The van der Waals surface area contributed by atoms with Crippen LogP contribution in [0.3, 0.4) is 0 Å². The van der Waals surface area contributed by atoms with Crippen LogP contribution in [0, 0.1) is 6.92 Å². The number of hydrogen-bond donors (Lipinski definition) is 0. The SMILES string of the molecule is C=CCN1C(=O)C(Cc2ccc(C)cc2)S/C1=N/N=C/c1ccc(-c2ccc(Cl)cc2)o1. The molecule has 4 rings (SSSR count). The fourth-order valence-corrected chi connectivity index (χ4v) is 4.55. The lowest BCUT2D eigenvalue weighted by atomic mass is 10.1. The number of amidine groups is 1. The lowest BCUT2D eigenvalue weighted by molar-refractivity contribution is -0.125. The highest BCUT2D eigenvalue weighted by Gasteiger charge is 2.37. The van der Waals surface area contributed by atoms with Crippen molar-refractivity contribution in [2.75, 3.05) is 6.54 Å². The second kappa shape index (κ2) is 10.0. The van der Waals surface area contributed by atoms with Crippen molar-refractivity contribution in [1.82, 2.24) is 4.90 Å².